The summed E-state index contributed by atoms with van der Waals surface area (Å²) >= 11 is 0. The molecule has 1 aromatic carbocycles. The summed E-state index contributed by atoms with van der Waals surface area (Å²) in [5.41, 5.74) is 1.18. The van der Waals surface area contributed by atoms with Crippen LogP contribution in [0, 0.1) is 5.92 Å². The Labute approximate surface area is 133 Å². The van der Waals surface area contributed by atoms with Crippen LogP contribution in [-0.4, -0.2) is 67.8 Å². The van der Waals surface area contributed by atoms with E-state index in [0.717, 1.165) is 12.5 Å². The molecule has 1 amide bonds. The van der Waals surface area contributed by atoms with E-state index >= 15 is 0 Å². The first-order valence-electron chi connectivity index (χ1n) is 7.68. The van der Waals surface area contributed by atoms with Gasteiger partial charge < -0.3 is 14.7 Å². The van der Waals surface area contributed by atoms with Gasteiger partial charge in [-0.15, -0.1) is 0 Å². The highest BCUT2D eigenvalue weighted by atomic mass is 16.2. The fourth-order valence-electron chi connectivity index (χ4n) is 2.83. The number of guanidine groups is 1. The first-order chi connectivity index (χ1) is 10.5. The number of carbonyl (C=O) groups is 1. The van der Waals surface area contributed by atoms with Crippen molar-refractivity contribution in [1.82, 2.24) is 14.7 Å². The highest BCUT2D eigenvalue weighted by Gasteiger charge is 2.29. The fourth-order valence-corrected chi connectivity index (χ4v) is 2.83. The Kier molecular flexibility index (Phi) is 5.41. The topological polar surface area (TPSA) is 39.2 Å². The summed E-state index contributed by atoms with van der Waals surface area (Å²) in [7, 11) is 7.95. The first kappa shape index (κ1) is 16.3. The minimum atomic E-state index is 0.236. The molecule has 0 N–H and O–H groups in total. The smallest absolute Gasteiger partial charge is 0.223 e. The van der Waals surface area contributed by atoms with Gasteiger partial charge in [0.2, 0.25) is 5.91 Å². The van der Waals surface area contributed by atoms with Crippen molar-refractivity contribution in [3.8, 4) is 0 Å². The Morgan fingerprint density at radius 2 is 1.82 bits per heavy atom. The number of nitrogens with zero attached hydrogens (tertiary/aromatic N) is 4. The predicted molar refractivity (Wildman–Crippen MR) is 89.6 cm³/mol. The lowest BCUT2D eigenvalue weighted by Crippen LogP contribution is -2.36. The lowest BCUT2D eigenvalue weighted by atomic mass is 10.1. The average Bonchev–Trinajstić information content (AvgIpc) is 2.79. The number of amides is 1. The molecule has 1 aliphatic rings. The third kappa shape index (κ3) is 4.23. The molecule has 0 spiro atoms. The Bertz CT molecular complexity index is 515. The molecule has 1 fully saturated rings. The normalized spacial score (nSPS) is 17.5. The van der Waals surface area contributed by atoms with Crippen LogP contribution in [0.4, 0.5) is 0 Å². The van der Waals surface area contributed by atoms with E-state index < -0.39 is 0 Å². The van der Waals surface area contributed by atoms with Gasteiger partial charge in [0.1, 0.15) is 0 Å². The van der Waals surface area contributed by atoms with Gasteiger partial charge in [0.15, 0.2) is 5.96 Å². The van der Waals surface area contributed by atoms with Crippen molar-refractivity contribution < 1.29 is 4.79 Å². The lowest BCUT2D eigenvalue weighted by Gasteiger charge is -2.23. The van der Waals surface area contributed by atoms with Crippen LogP contribution in [-0.2, 0) is 11.3 Å². The maximum atomic E-state index is 12.2. The molecular weight excluding hydrogens is 276 g/mol. The molecule has 22 heavy (non-hydrogen) atoms. The third-order valence-electron chi connectivity index (χ3n) is 3.80. The second-order valence-electron chi connectivity index (χ2n) is 6.26. The van der Waals surface area contributed by atoms with Crippen molar-refractivity contribution in [2.75, 3.05) is 41.3 Å². The molecule has 0 bridgehead atoms. The van der Waals surface area contributed by atoms with Crippen LogP contribution in [0.1, 0.15) is 12.0 Å². The molecule has 5 nitrogen and oxygen atoms in total. The minimum absolute atomic E-state index is 0.236. The summed E-state index contributed by atoms with van der Waals surface area (Å²) in [5.74, 6) is 1.49. The maximum absolute atomic E-state index is 12.2. The van der Waals surface area contributed by atoms with Gasteiger partial charge >= 0.3 is 0 Å². The van der Waals surface area contributed by atoms with Gasteiger partial charge in [-0.25, -0.2) is 0 Å². The molecule has 5 heteroatoms. The van der Waals surface area contributed by atoms with Crippen molar-refractivity contribution in [3.63, 3.8) is 0 Å². The van der Waals surface area contributed by atoms with Crippen LogP contribution in [0.3, 0.4) is 0 Å². The van der Waals surface area contributed by atoms with Crippen molar-refractivity contribution in [2.45, 2.75) is 13.0 Å². The van der Waals surface area contributed by atoms with Gasteiger partial charge in [-0.3, -0.25) is 9.79 Å². The lowest BCUT2D eigenvalue weighted by molar-refractivity contribution is -0.128. The second-order valence-corrected chi connectivity index (χ2v) is 6.26. The molecule has 0 radical (unpaired) electrons. The van der Waals surface area contributed by atoms with Gasteiger partial charge in [-0.1, -0.05) is 30.3 Å². The fraction of sp³-hybridized carbons (Fsp3) is 0.529. The number of benzene rings is 1. The van der Waals surface area contributed by atoms with Crippen LogP contribution in [0.2, 0.25) is 0 Å². The molecule has 1 aromatic rings. The molecule has 1 saturated heterocycles. The van der Waals surface area contributed by atoms with E-state index in [2.05, 4.69) is 17.1 Å². The summed E-state index contributed by atoms with van der Waals surface area (Å²) in [5, 5.41) is 0. The zero-order chi connectivity index (χ0) is 16.1. The molecule has 120 valence electrons. The largest absolute Gasteiger partial charge is 0.349 e. The Morgan fingerprint density at radius 1 is 1.18 bits per heavy atom. The Hall–Kier alpha value is -2.04. The highest BCUT2D eigenvalue weighted by Crippen LogP contribution is 2.20. The molecule has 0 saturated carbocycles. The number of rotatable bonds is 4. The summed E-state index contributed by atoms with van der Waals surface area (Å²) in [6, 6.07) is 10.1. The second kappa shape index (κ2) is 7.29. The van der Waals surface area contributed by atoms with E-state index in [1.54, 1.807) is 0 Å². The van der Waals surface area contributed by atoms with E-state index in [4.69, 9.17) is 0 Å². The van der Waals surface area contributed by atoms with Crippen LogP contribution >= 0.6 is 0 Å². The van der Waals surface area contributed by atoms with Gasteiger partial charge in [0, 0.05) is 60.2 Å². The molecule has 1 aliphatic heterocycles. The van der Waals surface area contributed by atoms with Crippen LogP contribution < -0.4 is 0 Å². The highest BCUT2D eigenvalue weighted by molar-refractivity contribution is 5.80. The van der Waals surface area contributed by atoms with Crippen LogP contribution in [0.25, 0.3) is 0 Å². The van der Waals surface area contributed by atoms with Crippen LogP contribution in [0.15, 0.2) is 35.3 Å². The number of hydrogen-bond acceptors (Lipinski definition) is 2. The van der Waals surface area contributed by atoms with Gasteiger partial charge in [-0.05, 0) is 5.56 Å². The molecule has 0 unspecified atom stereocenters. The van der Waals surface area contributed by atoms with Gasteiger partial charge in [0.05, 0.1) is 0 Å². The number of likely N-dealkylation sites (tertiary alicyclic amines) is 1. The monoisotopic (exact) mass is 302 g/mol. The Balaban J connectivity index is 1.93. The molecule has 1 heterocycles. The summed E-state index contributed by atoms with van der Waals surface area (Å²) in [6.45, 7) is 2.20. The van der Waals surface area contributed by atoms with Crippen molar-refractivity contribution in [1.29, 1.82) is 0 Å². The molecule has 0 aliphatic carbocycles. The molecule has 1 atom stereocenters. The van der Waals surface area contributed by atoms with E-state index in [9.17, 15) is 4.79 Å². The number of aliphatic imine (C=N–C) groups is 1. The molecule has 2 rings (SSSR count). The van der Waals surface area contributed by atoms with E-state index in [1.165, 1.54) is 5.56 Å². The maximum Gasteiger partial charge on any atom is 0.223 e. The van der Waals surface area contributed by atoms with Gasteiger partial charge in [-0.2, -0.15) is 0 Å². The van der Waals surface area contributed by atoms with E-state index in [0.29, 0.717) is 25.4 Å². The molecular formula is C17H26N4O. The average molecular weight is 302 g/mol. The van der Waals surface area contributed by atoms with Crippen molar-refractivity contribution in [3.05, 3.63) is 35.9 Å². The predicted octanol–water partition coefficient (Wildman–Crippen LogP) is 1.51. The summed E-state index contributed by atoms with van der Waals surface area (Å²) in [6.07, 6.45) is 0.602. The Morgan fingerprint density at radius 3 is 2.41 bits per heavy atom. The number of hydrogen-bond donors (Lipinski definition) is 0. The third-order valence-corrected chi connectivity index (χ3v) is 3.80. The van der Waals surface area contributed by atoms with Crippen molar-refractivity contribution in [2.24, 2.45) is 10.9 Å². The van der Waals surface area contributed by atoms with E-state index in [-0.39, 0.29) is 5.91 Å². The minimum Gasteiger partial charge on any atom is -0.349 e. The summed E-state index contributed by atoms with van der Waals surface area (Å²) in [4.78, 5) is 22.8. The first-order valence-corrected chi connectivity index (χ1v) is 7.68. The molecule has 0 aromatic heterocycles. The van der Waals surface area contributed by atoms with Crippen LogP contribution in [0.5, 0.6) is 0 Å². The summed E-state index contributed by atoms with van der Waals surface area (Å²) < 4.78 is 0. The number of carbonyl (C=O) groups excluding carboxylic acids is 1. The SMILES string of the molecule is CN(C)C(=NC[C@H]1CC(=O)N(Cc2ccccc2)C1)N(C)C. The zero-order valence-corrected chi connectivity index (χ0v) is 14.0. The zero-order valence-electron chi connectivity index (χ0n) is 14.0. The standard InChI is InChI=1S/C17H26N4O/c1-19(2)17(20(3)4)18-11-15-10-16(22)21(13-15)12-14-8-6-5-7-9-14/h5-9,15H,10-13H2,1-4H3/t15-/m1/s1. The van der Waals surface area contributed by atoms with Gasteiger partial charge in [0.25, 0.3) is 0 Å². The quantitative estimate of drug-likeness (QED) is 0.625. The van der Waals surface area contributed by atoms with Crippen molar-refractivity contribution >= 4 is 11.9 Å². The van der Waals surface area contributed by atoms with E-state index in [1.807, 2.05) is 61.1 Å².